The van der Waals surface area contributed by atoms with E-state index in [2.05, 4.69) is 39.5 Å². The molecule has 0 aliphatic carbocycles. The highest BCUT2D eigenvalue weighted by molar-refractivity contribution is 5.85. The molecule has 0 saturated heterocycles. The molecular weight excluding hydrogens is 310 g/mol. The molecule has 0 N–H and O–H groups in total. The number of hydrogen-bond donors (Lipinski definition) is 0. The molecule has 0 saturated carbocycles. The van der Waals surface area contributed by atoms with Gasteiger partial charge < -0.3 is 14.8 Å². The Bertz CT molecular complexity index is 462. The lowest BCUT2D eigenvalue weighted by Crippen LogP contribution is -2.52. The van der Waals surface area contributed by atoms with Crippen LogP contribution in [0.2, 0.25) is 0 Å². The van der Waals surface area contributed by atoms with Crippen LogP contribution in [0.5, 0.6) is 0 Å². The zero-order valence-electron chi connectivity index (χ0n) is 15.0. The molecule has 0 bridgehead atoms. The summed E-state index contributed by atoms with van der Waals surface area (Å²) in [7, 11) is 0. The van der Waals surface area contributed by atoms with Crippen LogP contribution in [0.25, 0.3) is 0 Å². The van der Waals surface area contributed by atoms with Crippen LogP contribution >= 0.6 is 12.4 Å². The summed E-state index contributed by atoms with van der Waals surface area (Å²) < 4.78 is 0. The Morgan fingerprint density at radius 1 is 1.13 bits per heavy atom. The molecule has 1 aromatic carbocycles. The third kappa shape index (κ3) is 4.71. The van der Waals surface area contributed by atoms with E-state index in [0.717, 1.165) is 31.5 Å². The van der Waals surface area contributed by atoms with Crippen LogP contribution in [0.4, 0.5) is 0 Å². The fraction of sp³-hybridized carbons (Fsp3) is 0.632. The largest absolute Gasteiger partial charge is 0.549 e. The molecule has 3 atom stereocenters. The molecule has 132 valence electrons. The number of benzene rings is 1. The van der Waals surface area contributed by atoms with E-state index < -0.39 is 11.9 Å². The molecule has 3 unspecified atom stereocenters. The molecule has 0 heterocycles. The number of aliphatic carboxylic acids is 1. The lowest BCUT2D eigenvalue weighted by molar-refractivity contribution is -0.311. The first kappa shape index (κ1) is 21.9. The smallest absolute Gasteiger partial charge is 0.0495 e. The summed E-state index contributed by atoms with van der Waals surface area (Å²) in [6.45, 7) is 12.5. The summed E-state index contributed by atoms with van der Waals surface area (Å²) in [6.07, 6.45) is 1.73. The molecule has 1 rings (SSSR count). The normalized spacial score (nSPS) is 16.3. The number of carboxylic acid groups (broad SMARTS) is 1. The lowest BCUT2D eigenvalue weighted by atomic mass is 9.65. The van der Waals surface area contributed by atoms with Gasteiger partial charge in [-0.3, -0.25) is 0 Å². The highest BCUT2D eigenvalue weighted by Crippen LogP contribution is 2.44. The zero-order valence-corrected chi connectivity index (χ0v) is 15.9. The van der Waals surface area contributed by atoms with E-state index in [1.165, 1.54) is 0 Å². The van der Waals surface area contributed by atoms with Crippen molar-refractivity contribution in [3.63, 3.8) is 0 Å². The van der Waals surface area contributed by atoms with Gasteiger partial charge in [-0.2, -0.15) is 0 Å². The number of hydrogen-bond acceptors (Lipinski definition) is 3. The SMILES string of the molecule is CCC(N(CC)CC)C(C)(CC)C(C(=O)[O-])c1ccccc1.Cl. The average Bonchev–Trinajstić information content (AvgIpc) is 2.52. The van der Waals surface area contributed by atoms with E-state index in [4.69, 9.17) is 0 Å². The standard InChI is InChI=1S/C19H31NO2.ClH/c1-6-16(20(8-3)9-4)19(5,7-2)17(18(21)22)15-13-11-10-12-14-15;/h10-14,16-17H,6-9H2,1-5H3,(H,21,22);1H/p-1. The van der Waals surface area contributed by atoms with Crippen molar-refractivity contribution in [2.75, 3.05) is 13.1 Å². The van der Waals surface area contributed by atoms with Crippen molar-refractivity contribution in [2.45, 2.75) is 59.4 Å². The molecule has 0 fully saturated rings. The van der Waals surface area contributed by atoms with E-state index in [0.29, 0.717) is 0 Å². The van der Waals surface area contributed by atoms with E-state index in [9.17, 15) is 9.90 Å². The molecule has 0 aliphatic heterocycles. The maximum Gasteiger partial charge on any atom is 0.0495 e. The molecule has 0 aliphatic rings. The van der Waals surface area contributed by atoms with Crippen molar-refractivity contribution in [3.05, 3.63) is 35.9 Å². The van der Waals surface area contributed by atoms with Gasteiger partial charge in [-0.05, 0) is 36.9 Å². The van der Waals surface area contributed by atoms with Crippen LogP contribution in [-0.4, -0.2) is 30.0 Å². The molecule has 3 nitrogen and oxygen atoms in total. The van der Waals surface area contributed by atoms with Gasteiger partial charge in [0.05, 0.1) is 0 Å². The molecule has 0 spiro atoms. The Labute approximate surface area is 147 Å². The summed E-state index contributed by atoms with van der Waals surface area (Å²) in [5.74, 6) is -1.56. The fourth-order valence-electron chi connectivity index (χ4n) is 3.87. The van der Waals surface area contributed by atoms with Gasteiger partial charge in [0.15, 0.2) is 0 Å². The first-order valence-corrected chi connectivity index (χ1v) is 8.45. The van der Waals surface area contributed by atoms with Gasteiger partial charge in [-0.1, -0.05) is 65.0 Å². The summed E-state index contributed by atoms with van der Waals surface area (Å²) in [6, 6.07) is 9.75. The maximum absolute atomic E-state index is 12.0. The monoisotopic (exact) mass is 340 g/mol. The summed E-state index contributed by atoms with van der Waals surface area (Å²) in [5.41, 5.74) is 0.485. The second kappa shape index (κ2) is 9.94. The first-order valence-electron chi connectivity index (χ1n) is 8.45. The average molecular weight is 341 g/mol. The Morgan fingerprint density at radius 3 is 2.00 bits per heavy atom. The Kier molecular flexibility index (Phi) is 9.48. The van der Waals surface area contributed by atoms with E-state index in [1.54, 1.807) is 0 Å². The van der Waals surface area contributed by atoms with Gasteiger partial charge in [0.1, 0.15) is 0 Å². The third-order valence-electron chi connectivity index (χ3n) is 5.19. The van der Waals surface area contributed by atoms with Crippen molar-refractivity contribution in [1.29, 1.82) is 0 Å². The third-order valence-corrected chi connectivity index (χ3v) is 5.19. The molecule has 4 heteroatoms. The van der Waals surface area contributed by atoms with Gasteiger partial charge in [-0.15, -0.1) is 12.4 Å². The maximum atomic E-state index is 12.0. The summed E-state index contributed by atoms with van der Waals surface area (Å²) in [5, 5.41) is 12.0. The second-order valence-electron chi connectivity index (χ2n) is 6.17. The Morgan fingerprint density at radius 2 is 1.65 bits per heavy atom. The summed E-state index contributed by atoms with van der Waals surface area (Å²) >= 11 is 0. The highest BCUT2D eigenvalue weighted by Gasteiger charge is 2.42. The van der Waals surface area contributed by atoms with Gasteiger partial charge in [0.2, 0.25) is 0 Å². The molecule has 23 heavy (non-hydrogen) atoms. The van der Waals surface area contributed by atoms with Crippen LogP contribution in [0.15, 0.2) is 30.3 Å². The number of halogens is 1. The Hall–Kier alpha value is -1.06. The number of carboxylic acids is 1. The fourth-order valence-corrected chi connectivity index (χ4v) is 3.87. The van der Waals surface area contributed by atoms with Crippen LogP contribution in [-0.2, 0) is 4.79 Å². The minimum Gasteiger partial charge on any atom is -0.549 e. The predicted octanol–water partition coefficient (Wildman–Crippen LogP) is 3.48. The molecule has 0 radical (unpaired) electrons. The van der Waals surface area contributed by atoms with Gasteiger partial charge in [0.25, 0.3) is 0 Å². The van der Waals surface area contributed by atoms with Crippen molar-refractivity contribution >= 4 is 18.4 Å². The van der Waals surface area contributed by atoms with Crippen molar-refractivity contribution in [1.82, 2.24) is 4.90 Å². The number of carbonyl (C=O) groups excluding carboxylic acids is 1. The molecule has 0 amide bonds. The van der Waals surface area contributed by atoms with Gasteiger partial charge in [-0.25, -0.2) is 0 Å². The topological polar surface area (TPSA) is 43.4 Å². The molecule has 1 aromatic rings. The Balaban J connectivity index is 0.00000484. The zero-order chi connectivity index (χ0) is 16.8. The van der Waals surface area contributed by atoms with Crippen LogP contribution in [0.1, 0.15) is 58.9 Å². The van der Waals surface area contributed by atoms with Crippen molar-refractivity contribution < 1.29 is 9.90 Å². The minimum absolute atomic E-state index is 0. The van der Waals surface area contributed by atoms with Crippen LogP contribution in [0.3, 0.4) is 0 Å². The van der Waals surface area contributed by atoms with E-state index in [1.807, 2.05) is 30.3 Å². The van der Waals surface area contributed by atoms with E-state index in [-0.39, 0.29) is 23.9 Å². The van der Waals surface area contributed by atoms with Gasteiger partial charge >= 0.3 is 0 Å². The lowest BCUT2D eigenvalue weighted by Gasteiger charge is -2.48. The second-order valence-corrected chi connectivity index (χ2v) is 6.17. The predicted molar refractivity (Wildman–Crippen MR) is 96.8 cm³/mol. The van der Waals surface area contributed by atoms with Gasteiger partial charge in [0, 0.05) is 17.9 Å². The highest BCUT2D eigenvalue weighted by atomic mass is 35.5. The first-order chi connectivity index (χ1) is 10.5. The van der Waals surface area contributed by atoms with E-state index >= 15 is 0 Å². The number of carbonyl (C=O) groups is 1. The summed E-state index contributed by atoms with van der Waals surface area (Å²) in [4.78, 5) is 14.4. The quantitative estimate of drug-likeness (QED) is 0.691. The van der Waals surface area contributed by atoms with Crippen molar-refractivity contribution in [2.24, 2.45) is 5.41 Å². The van der Waals surface area contributed by atoms with Crippen molar-refractivity contribution in [3.8, 4) is 0 Å². The number of nitrogens with zero attached hydrogens (tertiary/aromatic N) is 1. The van der Waals surface area contributed by atoms with Crippen LogP contribution < -0.4 is 5.11 Å². The number of rotatable bonds is 9. The van der Waals surface area contributed by atoms with Crippen LogP contribution in [0, 0.1) is 5.41 Å². The minimum atomic E-state index is -0.971. The molecule has 0 aromatic heterocycles. The molecular formula is C19H31ClNO2-.